The fourth-order valence-electron chi connectivity index (χ4n) is 1.72. The number of carbonyl (C=O) groups is 1. The number of rotatable bonds is 4. The second-order valence-electron chi connectivity index (χ2n) is 4.38. The predicted molar refractivity (Wildman–Crippen MR) is 88.7 cm³/mol. The molecule has 0 fully saturated rings. The zero-order chi connectivity index (χ0) is 16.2. The summed E-state index contributed by atoms with van der Waals surface area (Å²) < 4.78 is 22.3. The summed E-state index contributed by atoms with van der Waals surface area (Å²) in [7, 11) is -3.73. The monoisotopic (exact) mass is 337 g/mol. The Hall–Kier alpha value is -2.03. The zero-order valence-corrected chi connectivity index (χ0v) is 13.4. The predicted octanol–water partition coefficient (Wildman–Crippen LogP) is 2.70. The molecule has 0 radical (unpaired) electrons. The lowest BCUT2D eigenvalue weighted by Gasteiger charge is -2.09. The molecule has 2 amide bonds. The maximum Gasteiger partial charge on any atom is 0.323 e. The molecule has 0 aliphatic carbocycles. The number of hydrogen-bond donors (Lipinski definition) is 3. The largest absolute Gasteiger partial charge is 0.323 e. The van der Waals surface area contributed by atoms with Crippen LogP contribution in [0.2, 0.25) is 0 Å². The molecule has 0 aromatic heterocycles. The highest BCUT2D eigenvalue weighted by atomic mass is 32.2. The number of nitrogens with two attached hydrogens (primary N) is 1. The van der Waals surface area contributed by atoms with E-state index in [-0.39, 0.29) is 4.90 Å². The Morgan fingerprint density at radius 1 is 1.05 bits per heavy atom. The first-order chi connectivity index (χ1) is 10.4. The van der Waals surface area contributed by atoms with Gasteiger partial charge in [-0.1, -0.05) is 6.07 Å². The van der Waals surface area contributed by atoms with Crippen molar-refractivity contribution < 1.29 is 13.2 Å². The highest BCUT2D eigenvalue weighted by Gasteiger charge is 2.08. The quantitative estimate of drug-likeness (QED) is 0.747. The van der Waals surface area contributed by atoms with Crippen molar-refractivity contribution in [1.29, 1.82) is 0 Å². The van der Waals surface area contributed by atoms with Gasteiger partial charge in [-0.05, 0) is 48.7 Å². The van der Waals surface area contributed by atoms with Crippen LogP contribution in [0.1, 0.15) is 0 Å². The van der Waals surface area contributed by atoms with Crippen LogP contribution < -0.4 is 15.8 Å². The SMILES string of the molecule is CSc1cccc(NC(=O)Nc2ccc(S(N)(=O)=O)cc2)c1. The maximum atomic E-state index is 11.9. The smallest absolute Gasteiger partial charge is 0.308 e. The Morgan fingerprint density at radius 2 is 1.68 bits per heavy atom. The van der Waals surface area contributed by atoms with Crippen molar-refractivity contribution in [2.75, 3.05) is 16.9 Å². The zero-order valence-electron chi connectivity index (χ0n) is 11.7. The molecule has 2 rings (SSSR count). The molecule has 22 heavy (non-hydrogen) atoms. The topological polar surface area (TPSA) is 101 Å². The van der Waals surface area contributed by atoms with E-state index < -0.39 is 16.1 Å². The minimum Gasteiger partial charge on any atom is -0.308 e. The molecular formula is C14H15N3O3S2. The Labute approximate surface area is 133 Å². The van der Waals surface area contributed by atoms with Gasteiger partial charge >= 0.3 is 6.03 Å². The van der Waals surface area contributed by atoms with Crippen LogP contribution >= 0.6 is 11.8 Å². The van der Waals surface area contributed by atoms with E-state index in [1.165, 1.54) is 24.3 Å². The normalized spacial score (nSPS) is 11.0. The summed E-state index contributed by atoms with van der Waals surface area (Å²) in [6, 6.07) is 12.6. The van der Waals surface area contributed by atoms with E-state index in [1.54, 1.807) is 17.8 Å². The number of hydrogen-bond acceptors (Lipinski definition) is 4. The average molecular weight is 337 g/mol. The van der Waals surface area contributed by atoms with Crippen molar-refractivity contribution >= 4 is 39.2 Å². The number of amides is 2. The van der Waals surface area contributed by atoms with Crippen LogP contribution in [-0.4, -0.2) is 20.7 Å². The van der Waals surface area contributed by atoms with Crippen molar-refractivity contribution in [2.45, 2.75) is 9.79 Å². The van der Waals surface area contributed by atoms with Gasteiger partial charge in [-0.25, -0.2) is 18.4 Å². The van der Waals surface area contributed by atoms with E-state index in [2.05, 4.69) is 10.6 Å². The fourth-order valence-corrected chi connectivity index (χ4v) is 2.70. The van der Waals surface area contributed by atoms with Crippen LogP contribution in [0.4, 0.5) is 16.2 Å². The van der Waals surface area contributed by atoms with Gasteiger partial charge in [-0.15, -0.1) is 11.8 Å². The van der Waals surface area contributed by atoms with Crippen LogP contribution in [0.15, 0.2) is 58.3 Å². The summed E-state index contributed by atoms with van der Waals surface area (Å²) in [5.41, 5.74) is 1.14. The number of primary sulfonamides is 1. The lowest BCUT2D eigenvalue weighted by molar-refractivity contribution is 0.262. The Morgan fingerprint density at radius 3 is 2.27 bits per heavy atom. The molecule has 0 saturated carbocycles. The van der Waals surface area contributed by atoms with E-state index in [1.807, 2.05) is 24.5 Å². The molecule has 0 bridgehead atoms. The van der Waals surface area contributed by atoms with Gasteiger partial charge in [0.2, 0.25) is 10.0 Å². The molecule has 4 N–H and O–H groups in total. The van der Waals surface area contributed by atoms with Crippen LogP contribution in [0, 0.1) is 0 Å². The Bertz CT molecular complexity index is 774. The summed E-state index contributed by atoms with van der Waals surface area (Å²) in [6.45, 7) is 0. The van der Waals surface area contributed by atoms with Gasteiger partial charge < -0.3 is 10.6 Å². The number of sulfonamides is 1. The van der Waals surface area contributed by atoms with E-state index >= 15 is 0 Å². The van der Waals surface area contributed by atoms with Gasteiger partial charge in [0, 0.05) is 16.3 Å². The second kappa shape index (κ2) is 6.82. The highest BCUT2D eigenvalue weighted by Crippen LogP contribution is 2.19. The summed E-state index contributed by atoms with van der Waals surface area (Å²) >= 11 is 1.58. The second-order valence-corrected chi connectivity index (χ2v) is 6.82. The van der Waals surface area contributed by atoms with Gasteiger partial charge in [0.15, 0.2) is 0 Å². The molecule has 116 valence electrons. The van der Waals surface area contributed by atoms with Crippen LogP contribution in [-0.2, 0) is 10.0 Å². The molecule has 6 nitrogen and oxygen atoms in total. The Kier molecular flexibility index (Phi) is 5.07. The first-order valence-electron chi connectivity index (χ1n) is 6.23. The minimum absolute atomic E-state index is 0.00821. The minimum atomic E-state index is -3.73. The molecule has 0 atom stereocenters. The van der Waals surface area contributed by atoms with Crippen molar-refractivity contribution in [1.82, 2.24) is 0 Å². The van der Waals surface area contributed by atoms with Gasteiger partial charge in [-0.2, -0.15) is 0 Å². The van der Waals surface area contributed by atoms with Crippen molar-refractivity contribution in [3.8, 4) is 0 Å². The van der Waals surface area contributed by atoms with Crippen molar-refractivity contribution in [3.63, 3.8) is 0 Å². The van der Waals surface area contributed by atoms with E-state index in [0.717, 1.165) is 4.90 Å². The van der Waals surface area contributed by atoms with E-state index in [0.29, 0.717) is 11.4 Å². The third-order valence-electron chi connectivity index (χ3n) is 2.77. The molecule has 0 spiro atoms. The molecule has 2 aromatic carbocycles. The molecule has 2 aromatic rings. The standard InChI is InChI=1S/C14H15N3O3S2/c1-21-12-4-2-3-11(9-12)17-14(18)16-10-5-7-13(8-6-10)22(15,19)20/h2-9H,1H3,(H2,15,19,20)(H2,16,17,18). The number of anilines is 2. The number of carbonyl (C=O) groups excluding carboxylic acids is 1. The third kappa shape index (κ3) is 4.48. The van der Waals surface area contributed by atoms with Gasteiger partial charge in [-0.3, -0.25) is 0 Å². The first kappa shape index (κ1) is 16.3. The molecular weight excluding hydrogens is 322 g/mol. The third-order valence-corrected chi connectivity index (χ3v) is 4.42. The van der Waals surface area contributed by atoms with Gasteiger partial charge in [0.1, 0.15) is 0 Å². The van der Waals surface area contributed by atoms with E-state index in [9.17, 15) is 13.2 Å². The molecule has 0 aliphatic heterocycles. The summed E-state index contributed by atoms with van der Waals surface area (Å²) in [5.74, 6) is 0. The number of thioether (sulfide) groups is 1. The Balaban J connectivity index is 2.02. The molecule has 0 heterocycles. The summed E-state index contributed by atoms with van der Waals surface area (Å²) in [4.78, 5) is 12.9. The van der Waals surface area contributed by atoms with Crippen molar-refractivity contribution in [2.24, 2.45) is 5.14 Å². The van der Waals surface area contributed by atoms with Gasteiger partial charge in [0.25, 0.3) is 0 Å². The molecule has 8 heteroatoms. The highest BCUT2D eigenvalue weighted by molar-refractivity contribution is 7.98. The van der Waals surface area contributed by atoms with E-state index in [4.69, 9.17) is 5.14 Å². The first-order valence-corrected chi connectivity index (χ1v) is 9.00. The number of nitrogens with one attached hydrogen (secondary N) is 2. The maximum absolute atomic E-state index is 11.9. The van der Waals surface area contributed by atoms with Crippen LogP contribution in [0.3, 0.4) is 0 Å². The fraction of sp³-hybridized carbons (Fsp3) is 0.0714. The summed E-state index contributed by atoms with van der Waals surface area (Å²) in [6.07, 6.45) is 1.95. The van der Waals surface area contributed by atoms with Gasteiger partial charge in [0.05, 0.1) is 4.90 Å². The lowest BCUT2D eigenvalue weighted by atomic mass is 10.3. The molecule has 0 aliphatic rings. The van der Waals surface area contributed by atoms with Crippen LogP contribution in [0.25, 0.3) is 0 Å². The van der Waals surface area contributed by atoms with Crippen molar-refractivity contribution in [3.05, 3.63) is 48.5 Å². The van der Waals surface area contributed by atoms with Crippen LogP contribution in [0.5, 0.6) is 0 Å². The average Bonchev–Trinajstić information content (AvgIpc) is 2.47. The molecule has 0 unspecified atom stereocenters. The number of benzene rings is 2. The number of urea groups is 1. The molecule has 0 saturated heterocycles. The summed E-state index contributed by atoms with van der Waals surface area (Å²) in [5, 5.41) is 10.3. The lowest BCUT2D eigenvalue weighted by Crippen LogP contribution is -2.19.